The van der Waals surface area contributed by atoms with Crippen LogP contribution in [0.5, 0.6) is 0 Å². The first-order chi connectivity index (χ1) is 9.54. The number of methoxy groups -OCH3 is 1. The molecule has 0 aliphatic heterocycles. The predicted octanol–water partition coefficient (Wildman–Crippen LogP) is 2.14. The lowest BCUT2D eigenvalue weighted by Crippen LogP contribution is -2.16. The molecule has 0 unspecified atom stereocenters. The summed E-state index contributed by atoms with van der Waals surface area (Å²) in [4.78, 5) is 28.7. The Kier molecular flexibility index (Phi) is 2.79. The molecule has 5 nitrogen and oxygen atoms in total. The molecule has 2 aromatic heterocycles. The average molecular weight is 292 g/mol. The second-order valence-corrected chi connectivity index (χ2v) is 5.16. The van der Waals surface area contributed by atoms with E-state index >= 15 is 0 Å². The number of para-hydroxylation sites is 1. The fourth-order valence-electron chi connectivity index (χ4n) is 2.07. The number of benzene rings is 1. The topological polar surface area (TPSA) is 60.7 Å². The van der Waals surface area contributed by atoms with Gasteiger partial charge < -0.3 is 4.74 Å². The summed E-state index contributed by atoms with van der Waals surface area (Å²) in [5, 5.41) is 0.180. The number of esters is 1. The lowest BCUT2D eigenvalue weighted by atomic mass is 10.2. The molecule has 0 saturated heterocycles. The summed E-state index contributed by atoms with van der Waals surface area (Å²) in [5.41, 5.74) is 0.0593. The smallest absolute Gasteiger partial charge is 0.349 e. The lowest BCUT2D eigenvalue weighted by molar-refractivity contribution is 0.0605. The number of fused-ring (bicyclic) bond motifs is 2. The predicted molar refractivity (Wildman–Crippen MR) is 72.9 cm³/mol. The number of nitrogens with zero attached hydrogens (tertiary/aromatic N) is 2. The lowest BCUT2D eigenvalue weighted by Gasteiger charge is -2.00. The Hall–Kier alpha value is -2.28. The molecule has 0 fully saturated rings. The molecule has 0 radical (unpaired) electrons. The number of aryl methyl sites for hydroxylation is 1. The first-order valence-corrected chi connectivity index (χ1v) is 6.55. The number of aromatic nitrogens is 2. The molecule has 2 heterocycles. The minimum Gasteiger partial charge on any atom is -0.465 e. The van der Waals surface area contributed by atoms with E-state index in [4.69, 9.17) is 0 Å². The summed E-state index contributed by atoms with van der Waals surface area (Å²) in [7, 11) is 1.26. The molecule has 0 bridgehead atoms. The van der Waals surface area contributed by atoms with Crippen LogP contribution >= 0.6 is 11.3 Å². The van der Waals surface area contributed by atoms with Crippen LogP contribution in [-0.4, -0.2) is 22.5 Å². The molecule has 0 spiro atoms. The molecule has 7 heteroatoms. The van der Waals surface area contributed by atoms with Crippen LogP contribution in [0, 0.1) is 12.7 Å². The van der Waals surface area contributed by atoms with Crippen LogP contribution in [0.1, 0.15) is 15.4 Å². The number of rotatable bonds is 1. The number of ether oxygens (including phenoxy) is 1. The van der Waals surface area contributed by atoms with Gasteiger partial charge >= 0.3 is 5.97 Å². The highest BCUT2D eigenvalue weighted by Gasteiger charge is 2.20. The highest BCUT2D eigenvalue weighted by Crippen LogP contribution is 2.23. The zero-order valence-electron chi connectivity index (χ0n) is 10.6. The maximum Gasteiger partial charge on any atom is 0.349 e. The summed E-state index contributed by atoms with van der Waals surface area (Å²) in [6.07, 6.45) is 0. The van der Waals surface area contributed by atoms with Crippen LogP contribution in [-0.2, 0) is 4.74 Å². The van der Waals surface area contributed by atoms with E-state index in [0.717, 1.165) is 11.3 Å². The van der Waals surface area contributed by atoms with Gasteiger partial charge in [-0.3, -0.25) is 9.20 Å². The largest absolute Gasteiger partial charge is 0.465 e. The van der Waals surface area contributed by atoms with Crippen LogP contribution < -0.4 is 5.56 Å². The Bertz CT molecular complexity index is 913. The number of carbonyl (C=O) groups excluding carboxylic acids is 1. The van der Waals surface area contributed by atoms with Gasteiger partial charge in [0.15, 0.2) is 4.96 Å². The van der Waals surface area contributed by atoms with Gasteiger partial charge in [0.1, 0.15) is 16.2 Å². The molecule has 0 amide bonds. The van der Waals surface area contributed by atoms with Crippen molar-refractivity contribution in [2.75, 3.05) is 7.11 Å². The van der Waals surface area contributed by atoms with E-state index in [2.05, 4.69) is 9.72 Å². The third-order valence-electron chi connectivity index (χ3n) is 3.05. The minimum absolute atomic E-state index is 0.00941. The number of carbonyl (C=O) groups is 1. The van der Waals surface area contributed by atoms with Crippen molar-refractivity contribution in [2.45, 2.75) is 6.92 Å². The molecule has 0 N–H and O–H groups in total. The number of thiazole rings is 1. The van der Waals surface area contributed by atoms with Crippen LogP contribution in [0.2, 0.25) is 0 Å². The third kappa shape index (κ3) is 1.63. The summed E-state index contributed by atoms with van der Waals surface area (Å²) in [6, 6.07) is 4.21. The van der Waals surface area contributed by atoms with Crippen molar-refractivity contribution in [3.05, 3.63) is 44.9 Å². The van der Waals surface area contributed by atoms with Gasteiger partial charge in [-0.15, -0.1) is 0 Å². The van der Waals surface area contributed by atoms with Gasteiger partial charge in [-0.25, -0.2) is 14.2 Å². The van der Waals surface area contributed by atoms with E-state index in [1.807, 2.05) is 0 Å². The van der Waals surface area contributed by atoms with E-state index in [0.29, 0.717) is 5.69 Å². The van der Waals surface area contributed by atoms with E-state index in [1.54, 1.807) is 6.92 Å². The second kappa shape index (κ2) is 4.38. The van der Waals surface area contributed by atoms with Crippen molar-refractivity contribution < 1.29 is 13.9 Å². The molecular weight excluding hydrogens is 283 g/mol. The summed E-state index contributed by atoms with van der Waals surface area (Å²) in [6.45, 7) is 1.63. The molecule has 3 rings (SSSR count). The second-order valence-electron chi connectivity index (χ2n) is 4.18. The number of hydrogen-bond acceptors (Lipinski definition) is 5. The zero-order valence-corrected chi connectivity index (χ0v) is 11.5. The Balaban J connectivity index is 2.50. The summed E-state index contributed by atoms with van der Waals surface area (Å²) < 4.78 is 19.7. The fraction of sp³-hybridized carbons (Fsp3) is 0.154. The van der Waals surface area contributed by atoms with Crippen molar-refractivity contribution in [1.82, 2.24) is 9.38 Å². The first kappa shape index (κ1) is 12.7. The van der Waals surface area contributed by atoms with Gasteiger partial charge in [-0.05, 0) is 19.1 Å². The van der Waals surface area contributed by atoms with Gasteiger partial charge in [0.2, 0.25) is 0 Å². The number of hydrogen-bond donors (Lipinski definition) is 0. The third-order valence-corrected chi connectivity index (χ3v) is 4.17. The summed E-state index contributed by atoms with van der Waals surface area (Å²) >= 11 is 1.00. The van der Waals surface area contributed by atoms with E-state index < -0.39 is 17.3 Å². The van der Waals surface area contributed by atoms with Crippen molar-refractivity contribution in [3.63, 3.8) is 0 Å². The molecule has 1 aromatic carbocycles. The molecule has 3 aromatic rings. The van der Waals surface area contributed by atoms with Crippen LogP contribution in [0.4, 0.5) is 4.39 Å². The minimum atomic E-state index is -0.562. The Morgan fingerprint density at radius 3 is 2.90 bits per heavy atom. The Morgan fingerprint density at radius 2 is 2.20 bits per heavy atom. The van der Waals surface area contributed by atoms with Crippen LogP contribution in [0.3, 0.4) is 0 Å². The molecular formula is C13H9FN2O3S. The van der Waals surface area contributed by atoms with E-state index in [-0.39, 0.29) is 20.7 Å². The SMILES string of the molecule is COC(=O)c1sc2nc3c(F)cccc3c(=O)n2c1C. The quantitative estimate of drug-likeness (QED) is 0.645. The molecule has 0 aliphatic rings. The van der Waals surface area contributed by atoms with Crippen molar-refractivity contribution in [1.29, 1.82) is 0 Å². The molecule has 0 atom stereocenters. The standard InChI is InChI=1S/C13H9FN2O3S/c1-6-10(12(18)19-2)20-13-15-9-7(11(17)16(6)13)4-3-5-8(9)14/h3-5H,1-2H3. The molecule has 20 heavy (non-hydrogen) atoms. The van der Waals surface area contributed by atoms with Crippen molar-refractivity contribution in [3.8, 4) is 0 Å². The Labute approximate surface area is 116 Å². The van der Waals surface area contributed by atoms with Crippen molar-refractivity contribution in [2.24, 2.45) is 0 Å². The van der Waals surface area contributed by atoms with Crippen LogP contribution in [0.25, 0.3) is 15.9 Å². The Morgan fingerprint density at radius 1 is 1.45 bits per heavy atom. The van der Waals surface area contributed by atoms with E-state index in [1.165, 1.54) is 29.7 Å². The zero-order chi connectivity index (χ0) is 14.4. The van der Waals surface area contributed by atoms with Crippen LogP contribution in [0.15, 0.2) is 23.0 Å². The number of halogens is 1. The highest BCUT2D eigenvalue weighted by molar-refractivity contribution is 7.19. The highest BCUT2D eigenvalue weighted by atomic mass is 32.1. The van der Waals surface area contributed by atoms with Gasteiger partial charge in [0.05, 0.1) is 18.2 Å². The van der Waals surface area contributed by atoms with Gasteiger partial charge in [0, 0.05) is 0 Å². The first-order valence-electron chi connectivity index (χ1n) is 5.73. The molecule has 0 saturated carbocycles. The van der Waals surface area contributed by atoms with Gasteiger partial charge in [0.25, 0.3) is 5.56 Å². The molecule has 0 aliphatic carbocycles. The fourth-order valence-corrected chi connectivity index (χ4v) is 3.10. The normalized spacial score (nSPS) is 11.2. The maximum absolute atomic E-state index is 13.7. The monoisotopic (exact) mass is 292 g/mol. The molecule has 102 valence electrons. The van der Waals surface area contributed by atoms with Crippen molar-refractivity contribution >= 4 is 33.2 Å². The summed E-state index contributed by atoms with van der Waals surface area (Å²) in [5.74, 6) is -1.10. The van der Waals surface area contributed by atoms with E-state index in [9.17, 15) is 14.0 Å². The van der Waals surface area contributed by atoms with Gasteiger partial charge in [-0.1, -0.05) is 17.4 Å². The maximum atomic E-state index is 13.7. The van der Waals surface area contributed by atoms with Gasteiger partial charge in [-0.2, -0.15) is 0 Å². The average Bonchev–Trinajstić information content (AvgIpc) is 2.77.